The molecule has 6 rings (SSSR count). The highest BCUT2D eigenvalue weighted by molar-refractivity contribution is 5.27. The molecule has 0 unspecified atom stereocenters. The second-order valence-electron chi connectivity index (χ2n) is 13.0. The lowest BCUT2D eigenvalue weighted by Gasteiger charge is -2.64. The predicted octanol–water partition coefficient (Wildman–Crippen LogP) is 3.91. The summed E-state index contributed by atoms with van der Waals surface area (Å²) in [6, 6.07) is 4.12. The molecule has 0 spiro atoms. The molecule has 0 aromatic carbocycles. The molecule has 4 aliphatic carbocycles. The first-order valence-electron chi connectivity index (χ1n) is 14.2. The molecule has 1 aromatic heterocycles. The van der Waals surface area contributed by atoms with Gasteiger partial charge in [0, 0.05) is 37.2 Å². The van der Waals surface area contributed by atoms with E-state index in [0.29, 0.717) is 29.8 Å². The van der Waals surface area contributed by atoms with Gasteiger partial charge in [0.25, 0.3) is 0 Å². The minimum absolute atomic E-state index is 0.153. The van der Waals surface area contributed by atoms with E-state index >= 15 is 0 Å². The van der Waals surface area contributed by atoms with Crippen molar-refractivity contribution in [3.8, 4) is 0 Å². The average Bonchev–Trinajstić information content (AvgIpc) is 3.15. The standard InChI is InChI=1S/C29H44N2O4/c1-27-10-7-21(31-13-14-34-22(16-30)17-31)15-20(27)4-5-25-24(27)8-11-28(2)23(9-12-29(25,28)33)19-3-6-26(32)35-18-19/h3,6,18,20-25,33H,4-5,7-17,30H2,1-2H3/t20-,21+,22+,23-,24+,25-,27+,28-,29+/m1/s1. The molecule has 3 N–H and O–H groups in total. The summed E-state index contributed by atoms with van der Waals surface area (Å²) in [5.41, 5.74) is 6.26. The highest BCUT2D eigenvalue weighted by Gasteiger charge is 2.67. The highest BCUT2D eigenvalue weighted by Crippen LogP contribution is 2.70. The van der Waals surface area contributed by atoms with Gasteiger partial charge in [-0.25, -0.2) is 4.79 Å². The molecule has 35 heavy (non-hydrogen) atoms. The molecule has 1 aliphatic heterocycles. The Kier molecular flexibility index (Phi) is 5.99. The van der Waals surface area contributed by atoms with Crippen LogP contribution < -0.4 is 11.4 Å². The molecule has 5 aliphatic rings. The van der Waals surface area contributed by atoms with Crippen LogP contribution in [0.2, 0.25) is 0 Å². The van der Waals surface area contributed by atoms with Crippen LogP contribution in [0.5, 0.6) is 0 Å². The van der Waals surface area contributed by atoms with E-state index in [-0.39, 0.29) is 23.1 Å². The van der Waals surface area contributed by atoms with E-state index in [4.69, 9.17) is 14.9 Å². The van der Waals surface area contributed by atoms with E-state index in [1.54, 1.807) is 6.26 Å². The number of aliphatic hydroxyl groups is 1. The number of morpholine rings is 1. The van der Waals surface area contributed by atoms with E-state index in [0.717, 1.165) is 56.9 Å². The summed E-state index contributed by atoms with van der Waals surface area (Å²) in [5.74, 6) is 1.99. The predicted molar refractivity (Wildman–Crippen MR) is 135 cm³/mol. The lowest BCUT2D eigenvalue weighted by molar-refractivity contribution is -0.204. The van der Waals surface area contributed by atoms with Crippen LogP contribution in [-0.4, -0.2) is 54.0 Å². The molecule has 6 heteroatoms. The Hall–Kier alpha value is -1.21. The molecule has 2 heterocycles. The van der Waals surface area contributed by atoms with Crippen molar-refractivity contribution in [2.45, 2.75) is 95.3 Å². The minimum atomic E-state index is -0.625. The van der Waals surface area contributed by atoms with Gasteiger partial charge in [0.15, 0.2) is 0 Å². The van der Waals surface area contributed by atoms with Crippen LogP contribution in [0.4, 0.5) is 0 Å². The van der Waals surface area contributed by atoms with Gasteiger partial charge in [-0.3, -0.25) is 4.90 Å². The fourth-order valence-corrected chi connectivity index (χ4v) is 9.85. The lowest BCUT2D eigenvalue weighted by Crippen LogP contribution is -2.62. The normalized spacial score (nSPS) is 48.1. The second kappa shape index (κ2) is 8.68. The number of fused-ring (bicyclic) bond motifs is 5. The molecular formula is C29H44N2O4. The Morgan fingerprint density at radius 2 is 1.94 bits per heavy atom. The molecule has 1 aromatic rings. The number of nitrogens with zero attached hydrogens (tertiary/aromatic N) is 1. The third kappa shape index (κ3) is 3.61. The van der Waals surface area contributed by atoms with E-state index in [2.05, 4.69) is 18.7 Å². The first kappa shape index (κ1) is 24.1. The van der Waals surface area contributed by atoms with Crippen molar-refractivity contribution < 1.29 is 14.3 Å². The highest BCUT2D eigenvalue weighted by atomic mass is 16.5. The molecule has 4 saturated carbocycles. The monoisotopic (exact) mass is 484 g/mol. The quantitative estimate of drug-likeness (QED) is 0.676. The Bertz CT molecular complexity index is 977. The molecule has 0 amide bonds. The van der Waals surface area contributed by atoms with Crippen molar-refractivity contribution in [2.75, 3.05) is 26.2 Å². The van der Waals surface area contributed by atoms with Crippen LogP contribution in [0.3, 0.4) is 0 Å². The summed E-state index contributed by atoms with van der Waals surface area (Å²) in [6.45, 7) is 8.33. The zero-order valence-electron chi connectivity index (χ0n) is 21.6. The third-order valence-electron chi connectivity index (χ3n) is 11.9. The van der Waals surface area contributed by atoms with Gasteiger partial charge in [-0.15, -0.1) is 0 Å². The van der Waals surface area contributed by atoms with Crippen molar-refractivity contribution in [3.63, 3.8) is 0 Å². The number of nitrogens with two attached hydrogens (primary N) is 1. The van der Waals surface area contributed by atoms with Crippen molar-refractivity contribution in [2.24, 2.45) is 34.3 Å². The zero-order valence-corrected chi connectivity index (χ0v) is 21.6. The largest absolute Gasteiger partial charge is 0.431 e. The van der Waals surface area contributed by atoms with Gasteiger partial charge in [0.1, 0.15) is 0 Å². The number of hydrogen-bond acceptors (Lipinski definition) is 6. The summed E-state index contributed by atoms with van der Waals surface area (Å²) in [7, 11) is 0. The van der Waals surface area contributed by atoms with Crippen molar-refractivity contribution in [1.29, 1.82) is 0 Å². The van der Waals surface area contributed by atoms with Crippen LogP contribution >= 0.6 is 0 Å². The molecule has 1 saturated heterocycles. The van der Waals surface area contributed by atoms with Crippen LogP contribution in [0.15, 0.2) is 27.6 Å². The average molecular weight is 485 g/mol. The minimum Gasteiger partial charge on any atom is -0.431 e. The molecule has 0 radical (unpaired) electrons. The van der Waals surface area contributed by atoms with Crippen molar-refractivity contribution in [1.82, 2.24) is 4.90 Å². The molecule has 9 atom stereocenters. The summed E-state index contributed by atoms with van der Waals surface area (Å²) >= 11 is 0. The summed E-state index contributed by atoms with van der Waals surface area (Å²) < 4.78 is 11.1. The van der Waals surface area contributed by atoms with Gasteiger partial charge in [-0.1, -0.05) is 13.8 Å². The first-order chi connectivity index (χ1) is 16.8. The summed E-state index contributed by atoms with van der Waals surface area (Å²) in [5, 5.41) is 12.4. The van der Waals surface area contributed by atoms with Crippen LogP contribution in [0, 0.1) is 28.6 Å². The van der Waals surface area contributed by atoms with Gasteiger partial charge < -0.3 is 20.0 Å². The first-order valence-corrected chi connectivity index (χ1v) is 14.2. The number of ether oxygens (including phenoxy) is 1. The Morgan fingerprint density at radius 1 is 1.09 bits per heavy atom. The van der Waals surface area contributed by atoms with Gasteiger partial charge >= 0.3 is 5.63 Å². The maximum atomic E-state index is 12.4. The maximum absolute atomic E-state index is 12.4. The third-order valence-corrected chi connectivity index (χ3v) is 11.9. The van der Waals surface area contributed by atoms with Gasteiger partial charge in [-0.05, 0) is 98.5 Å². The summed E-state index contributed by atoms with van der Waals surface area (Å²) in [6.07, 6.45) is 12.2. The number of hydrogen-bond donors (Lipinski definition) is 2. The lowest BCUT2D eigenvalue weighted by atomic mass is 9.43. The topological polar surface area (TPSA) is 88.9 Å². The molecule has 0 bridgehead atoms. The van der Waals surface area contributed by atoms with Crippen LogP contribution in [0.1, 0.15) is 83.1 Å². The van der Waals surface area contributed by atoms with E-state index < -0.39 is 5.60 Å². The van der Waals surface area contributed by atoms with Crippen molar-refractivity contribution >= 4 is 0 Å². The maximum Gasteiger partial charge on any atom is 0.335 e. The van der Waals surface area contributed by atoms with E-state index in [1.807, 2.05) is 6.07 Å². The smallest absolute Gasteiger partial charge is 0.335 e. The molecule has 5 fully saturated rings. The molecule has 194 valence electrons. The van der Waals surface area contributed by atoms with Crippen LogP contribution in [0.25, 0.3) is 0 Å². The molecular weight excluding hydrogens is 440 g/mol. The van der Waals surface area contributed by atoms with E-state index in [9.17, 15) is 9.90 Å². The second-order valence-corrected chi connectivity index (χ2v) is 13.0. The Labute approximate surface area is 209 Å². The SMILES string of the molecule is C[C@]12CC[C@H](N3CCO[C@@H](CN)C3)C[C@H]1CC[C@@H]1[C@@H]2CC[C@]2(C)[C@@H](c3ccc(=O)oc3)CC[C@]12O. The molecule has 6 nitrogen and oxygen atoms in total. The van der Waals surface area contributed by atoms with Gasteiger partial charge in [0.05, 0.1) is 24.6 Å². The van der Waals surface area contributed by atoms with E-state index in [1.165, 1.54) is 38.2 Å². The van der Waals surface area contributed by atoms with Gasteiger partial charge in [-0.2, -0.15) is 0 Å². The number of rotatable bonds is 3. The Balaban J connectivity index is 1.21. The van der Waals surface area contributed by atoms with Crippen molar-refractivity contribution in [3.05, 3.63) is 34.4 Å². The fraction of sp³-hybridized carbons (Fsp3) is 0.828. The fourth-order valence-electron chi connectivity index (χ4n) is 9.85. The Morgan fingerprint density at radius 3 is 2.71 bits per heavy atom. The van der Waals surface area contributed by atoms with Gasteiger partial charge in [0.2, 0.25) is 0 Å². The zero-order chi connectivity index (χ0) is 24.4. The summed E-state index contributed by atoms with van der Waals surface area (Å²) in [4.78, 5) is 14.2. The van der Waals surface area contributed by atoms with Crippen LogP contribution in [-0.2, 0) is 4.74 Å².